The van der Waals surface area contributed by atoms with Gasteiger partial charge in [0.2, 0.25) is 11.6 Å². The van der Waals surface area contributed by atoms with Crippen LogP contribution in [-0.4, -0.2) is 35.9 Å². The lowest BCUT2D eigenvalue weighted by Crippen LogP contribution is -2.40. The van der Waals surface area contributed by atoms with Crippen LogP contribution in [0, 0.1) is 4.91 Å². The first kappa shape index (κ1) is 11.5. The molecule has 1 aliphatic heterocycles. The molecule has 17 heavy (non-hydrogen) atoms. The fourth-order valence-electron chi connectivity index (χ4n) is 1.73. The summed E-state index contributed by atoms with van der Waals surface area (Å²) in [4.78, 5) is 28.2. The minimum absolute atomic E-state index is 0.135. The quantitative estimate of drug-likeness (QED) is 0.704. The van der Waals surface area contributed by atoms with E-state index >= 15 is 0 Å². The van der Waals surface area contributed by atoms with Crippen molar-refractivity contribution in [3.63, 3.8) is 0 Å². The summed E-state index contributed by atoms with van der Waals surface area (Å²) >= 11 is 0. The molecule has 0 bridgehead atoms. The predicted octanol–water partition coefficient (Wildman–Crippen LogP) is -0.403. The van der Waals surface area contributed by atoms with Crippen LogP contribution in [0.2, 0.25) is 0 Å². The number of morpholine rings is 1. The highest BCUT2D eigenvalue weighted by molar-refractivity contribution is 5.58. The maximum atomic E-state index is 11.8. The number of ether oxygens (including phenoxy) is 1. The van der Waals surface area contributed by atoms with Gasteiger partial charge >= 0.3 is 0 Å². The number of rotatable bonds is 2. The molecule has 0 radical (unpaired) electrons. The van der Waals surface area contributed by atoms with Crippen molar-refractivity contribution in [3.8, 4) is 0 Å². The number of nitrogens with two attached hydrogens (primary N) is 1. The fourth-order valence-corrected chi connectivity index (χ4v) is 1.73. The van der Waals surface area contributed by atoms with Gasteiger partial charge in [-0.1, -0.05) is 0 Å². The van der Waals surface area contributed by atoms with E-state index in [-0.39, 0.29) is 11.5 Å². The van der Waals surface area contributed by atoms with E-state index in [2.05, 4.69) is 10.2 Å². The van der Waals surface area contributed by atoms with Gasteiger partial charge in [0.25, 0.3) is 5.56 Å². The van der Waals surface area contributed by atoms with Crippen LogP contribution in [-0.2, 0) is 11.8 Å². The van der Waals surface area contributed by atoms with Crippen molar-refractivity contribution in [1.29, 1.82) is 0 Å². The van der Waals surface area contributed by atoms with Gasteiger partial charge in [0, 0.05) is 20.1 Å². The van der Waals surface area contributed by atoms with Crippen molar-refractivity contribution in [2.45, 2.75) is 0 Å². The normalized spacial score (nSPS) is 15.9. The number of nitrogens with zero attached hydrogens (tertiary/aromatic N) is 4. The lowest BCUT2D eigenvalue weighted by atomic mass is 10.4. The molecule has 0 aromatic carbocycles. The molecule has 2 heterocycles. The van der Waals surface area contributed by atoms with Crippen LogP contribution in [0.5, 0.6) is 0 Å². The predicted molar refractivity (Wildman–Crippen MR) is 62.4 cm³/mol. The van der Waals surface area contributed by atoms with Crippen molar-refractivity contribution in [2.24, 2.45) is 12.2 Å². The summed E-state index contributed by atoms with van der Waals surface area (Å²) in [5, 5.41) is 2.60. The number of aromatic nitrogens is 2. The average molecular weight is 239 g/mol. The summed E-state index contributed by atoms with van der Waals surface area (Å²) in [6.07, 6.45) is 0. The zero-order chi connectivity index (χ0) is 12.4. The third-order valence-electron chi connectivity index (χ3n) is 2.66. The molecule has 92 valence electrons. The second-order valence-corrected chi connectivity index (χ2v) is 3.70. The Morgan fingerprint density at radius 2 is 2.06 bits per heavy atom. The van der Waals surface area contributed by atoms with E-state index in [0.29, 0.717) is 32.3 Å². The van der Waals surface area contributed by atoms with Crippen LogP contribution in [0.15, 0.2) is 9.97 Å². The Morgan fingerprint density at radius 1 is 1.41 bits per heavy atom. The highest BCUT2D eigenvalue weighted by atomic mass is 16.5. The Kier molecular flexibility index (Phi) is 3.05. The Hall–Kier alpha value is -1.96. The minimum Gasteiger partial charge on any atom is -0.382 e. The molecule has 0 atom stereocenters. The first-order valence-electron chi connectivity index (χ1n) is 5.17. The molecule has 1 aromatic rings. The Bertz CT molecular complexity index is 492. The molecule has 2 N–H and O–H groups in total. The van der Waals surface area contributed by atoms with Gasteiger partial charge in [-0.05, 0) is 5.18 Å². The lowest BCUT2D eigenvalue weighted by Gasteiger charge is -2.28. The van der Waals surface area contributed by atoms with Gasteiger partial charge in [-0.3, -0.25) is 9.36 Å². The van der Waals surface area contributed by atoms with Crippen molar-refractivity contribution < 1.29 is 4.74 Å². The Balaban J connectivity index is 2.48. The lowest BCUT2D eigenvalue weighted by molar-refractivity contribution is 0.121. The van der Waals surface area contributed by atoms with Crippen molar-refractivity contribution in [1.82, 2.24) is 9.55 Å². The third kappa shape index (κ3) is 1.98. The SMILES string of the molecule is Cn1c(N2CCOCC2)nc(N)c(N=O)c1=O. The molecule has 0 amide bonds. The van der Waals surface area contributed by atoms with Gasteiger partial charge in [0.05, 0.1) is 13.2 Å². The molecule has 0 saturated carbocycles. The summed E-state index contributed by atoms with van der Waals surface area (Å²) in [6.45, 7) is 2.41. The van der Waals surface area contributed by atoms with E-state index in [1.807, 2.05) is 4.90 Å². The number of anilines is 2. The van der Waals surface area contributed by atoms with Crippen LogP contribution in [0.1, 0.15) is 0 Å². The number of hydrogen-bond donors (Lipinski definition) is 1. The van der Waals surface area contributed by atoms with Gasteiger partial charge in [0.1, 0.15) is 0 Å². The van der Waals surface area contributed by atoms with Crippen LogP contribution in [0.4, 0.5) is 17.5 Å². The van der Waals surface area contributed by atoms with Gasteiger partial charge in [0.15, 0.2) is 5.82 Å². The third-order valence-corrected chi connectivity index (χ3v) is 2.66. The van der Waals surface area contributed by atoms with Crippen LogP contribution in [0.3, 0.4) is 0 Å². The number of nitroso groups, excluding NO2 is 1. The monoisotopic (exact) mass is 239 g/mol. The average Bonchev–Trinajstić information content (AvgIpc) is 2.35. The maximum absolute atomic E-state index is 11.8. The highest BCUT2D eigenvalue weighted by Crippen LogP contribution is 2.18. The van der Waals surface area contributed by atoms with Gasteiger partial charge < -0.3 is 15.4 Å². The topological polar surface area (TPSA) is 103 Å². The number of nitrogen functional groups attached to an aromatic ring is 1. The van der Waals surface area contributed by atoms with E-state index in [1.54, 1.807) is 0 Å². The Labute approximate surface area is 97.0 Å². The van der Waals surface area contributed by atoms with Gasteiger partial charge in [-0.15, -0.1) is 4.91 Å². The van der Waals surface area contributed by atoms with Crippen LogP contribution >= 0.6 is 0 Å². The largest absolute Gasteiger partial charge is 0.382 e. The van der Waals surface area contributed by atoms with Crippen molar-refractivity contribution >= 4 is 17.5 Å². The van der Waals surface area contributed by atoms with E-state index in [9.17, 15) is 9.70 Å². The molecule has 1 saturated heterocycles. The summed E-state index contributed by atoms with van der Waals surface area (Å²) in [5.41, 5.74) is 4.66. The van der Waals surface area contributed by atoms with E-state index < -0.39 is 5.56 Å². The second kappa shape index (κ2) is 4.50. The molecule has 0 aliphatic carbocycles. The van der Waals surface area contributed by atoms with Crippen molar-refractivity contribution in [2.75, 3.05) is 36.9 Å². The van der Waals surface area contributed by atoms with E-state index in [0.717, 1.165) is 0 Å². The van der Waals surface area contributed by atoms with Crippen LogP contribution < -0.4 is 16.2 Å². The molecule has 1 aliphatic rings. The van der Waals surface area contributed by atoms with E-state index in [4.69, 9.17) is 10.5 Å². The zero-order valence-electron chi connectivity index (χ0n) is 9.42. The van der Waals surface area contributed by atoms with Gasteiger partial charge in [-0.25, -0.2) is 0 Å². The summed E-state index contributed by atoms with van der Waals surface area (Å²) in [5.74, 6) is 0.299. The summed E-state index contributed by atoms with van der Waals surface area (Å²) in [6, 6.07) is 0. The Morgan fingerprint density at radius 3 is 2.65 bits per heavy atom. The highest BCUT2D eigenvalue weighted by Gasteiger charge is 2.19. The maximum Gasteiger partial charge on any atom is 0.286 e. The molecule has 8 nitrogen and oxygen atoms in total. The smallest absolute Gasteiger partial charge is 0.286 e. The second-order valence-electron chi connectivity index (χ2n) is 3.70. The molecule has 8 heteroatoms. The first-order chi connectivity index (χ1) is 8.15. The molecule has 1 aromatic heterocycles. The first-order valence-corrected chi connectivity index (χ1v) is 5.17. The molecular weight excluding hydrogens is 226 g/mol. The summed E-state index contributed by atoms with van der Waals surface area (Å²) in [7, 11) is 1.54. The molecular formula is C9H13N5O3. The molecule has 2 rings (SSSR count). The van der Waals surface area contributed by atoms with Gasteiger partial charge in [-0.2, -0.15) is 4.98 Å². The number of hydrogen-bond acceptors (Lipinski definition) is 7. The fraction of sp³-hybridized carbons (Fsp3) is 0.556. The molecule has 0 unspecified atom stereocenters. The van der Waals surface area contributed by atoms with Crippen molar-refractivity contribution in [3.05, 3.63) is 15.3 Å². The molecule has 1 fully saturated rings. The van der Waals surface area contributed by atoms with Crippen LogP contribution in [0.25, 0.3) is 0 Å². The molecule has 0 spiro atoms. The standard InChI is InChI=1S/C9H13N5O3/c1-13-8(15)6(12-16)7(10)11-9(13)14-2-4-17-5-3-14/h2-5,10H2,1H3. The van der Waals surface area contributed by atoms with E-state index in [1.165, 1.54) is 11.6 Å². The minimum atomic E-state index is -0.533. The zero-order valence-corrected chi connectivity index (χ0v) is 9.42. The summed E-state index contributed by atoms with van der Waals surface area (Å²) < 4.78 is 6.49.